The van der Waals surface area contributed by atoms with Crippen molar-refractivity contribution in [1.82, 2.24) is 10.3 Å². The molecule has 7 heteroatoms. The van der Waals surface area contributed by atoms with Crippen LogP contribution in [0, 0.1) is 0 Å². The molecular formula is C16H20N2O3S2. The number of hydrogen-bond donors (Lipinski definition) is 2. The number of carboxylic acid groups (broad SMARTS) is 1. The van der Waals surface area contributed by atoms with E-state index in [1.165, 1.54) is 21.6 Å². The van der Waals surface area contributed by atoms with Crippen LogP contribution in [-0.2, 0) is 17.6 Å². The number of thiophene rings is 1. The highest BCUT2D eigenvalue weighted by Crippen LogP contribution is 2.13. The van der Waals surface area contributed by atoms with E-state index in [4.69, 9.17) is 5.11 Å². The summed E-state index contributed by atoms with van der Waals surface area (Å²) < 4.78 is 0. The molecule has 0 radical (unpaired) electrons. The third-order valence-electron chi connectivity index (χ3n) is 3.34. The number of carbonyl (C=O) groups excluding carboxylic acids is 1. The van der Waals surface area contributed by atoms with Gasteiger partial charge in [0.05, 0.1) is 5.01 Å². The van der Waals surface area contributed by atoms with E-state index in [9.17, 15) is 9.59 Å². The number of rotatable bonds is 10. The summed E-state index contributed by atoms with van der Waals surface area (Å²) in [6, 6.07) is 4.21. The Bertz CT molecular complexity index is 623. The summed E-state index contributed by atoms with van der Waals surface area (Å²) in [5, 5.41) is 16.0. The minimum absolute atomic E-state index is 0.0520. The van der Waals surface area contributed by atoms with Crippen LogP contribution in [0.4, 0.5) is 0 Å². The Hall–Kier alpha value is -1.73. The van der Waals surface area contributed by atoms with Crippen LogP contribution < -0.4 is 5.32 Å². The number of aromatic nitrogens is 1. The number of carboxylic acids is 1. The summed E-state index contributed by atoms with van der Waals surface area (Å²) in [5.74, 6) is -0.963. The molecule has 2 heterocycles. The summed E-state index contributed by atoms with van der Waals surface area (Å²) in [6.07, 6.45) is 5.28. The van der Waals surface area contributed by atoms with Crippen molar-refractivity contribution in [3.63, 3.8) is 0 Å². The van der Waals surface area contributed by atoms with Gasteiger partial charge in [-0.3, -0.25) is 4.79 Å². The molecule has 0 atom stereocenters. The fourth-order valence-electron chi connectivity index (χ4n) is 2.14. The van der Waals surface area contributed by atoms with Crippen molar-refractivity contribution in [2.24, 2.45) is 0 Å². The van der Waals surface area contributed by atoms with Crippen LogP contribution in [0.2, 0.25) is 0 Å². The van der Waals surface area contributed by atoms with Gasteiger partial charge in [0.2, 0.25) is 5.91 Å². The monoisotopic (exact) mass is 352 g/mol. The number of nitrogens with one attached hydrogen (secondary N) is 1. The van der Waals surface area contributed by atoms with Crippen molar-refractivity contribution in [3.05, 3.63) is 38.5 Å². The predicted molar refractivity (Wildman–Crippen MR) is 92.3 cm³/mol. The Kier molecular flexibility index (Phi) is 7.22. The Morgan fingerprint density at radius 3 is 2.74 bits per heavy atom. The number of aryl methyl sites for hydroxylation is 1. The average molecular weight is 352 g/mol. The van der Waals surface area contributed by atoms with Crippen LogP contribution in [0.3, 0.4) is 0 Å². The zero-order chi connectivity index (χ0) is 16.5. The molecule has 0 aliphatic carbocycles. The number of hydrogen-bond acceptors (Lipinski definition) is 5. The molecule has 2 N–H and O–H groups in total. The summed E-state index contributed by atoms with van der Waals surface area (Å²) in [5.41, 5.74) is 0.0714. The first-order valence-corrected chi connectivity index (χ1v) is 9.38. The number of amides is 1. The van der Waals surface area contributed by atoms with E-state index >= 15 is 0 Å². The number of thiazole rings is 1. The van der Waals surface area contributed by atoms with Gasteiger partial charge >= 0.3 is 5.97 Å². The van der Waals surface area contributed by atoms with Crippen LogP contribution in [0.15, 0.2) is 22.9 Å². The van der Waals surface area contributed by atoms with Gasteiger partial charge in [-0.1, -0.05) is 12.5 Å². The molecule has 1 amide bonds. The molecule has 0 aromatic carbocycles. The topological polar surface area (TPSA) is 79.3 Å². The summed E-state index contributed by atoms with van der Waals surface area (Å²) >= 11 is 3.09. The van der Waals surface area contributed by atoms with Gasteiger partial charge in [0.25, 0.3) is 0 Å². The second-order valence-corrected chi connectivity index (χ2v) is 7.15. The SMILES string of the molecule is O=C(CCCCCc1cccs1)NCCc1nc(C(=O)O)cs1. The maximum Gasteiger partial charge on any atom is 0.355 e. The van der Waals surface area contributed by atoms with Crippen LogP contribution in [0.25, 0.3) is 0 Å². The highest BCUT2D eigenvalue weighted by atomic mass is 32.1. The van der Waals surface area contributed by atoms with Gasteiger partial charge in [-0.05, 0) is 30.7 Å². The quantitative estimate of drug-likeness (QED) is 0.643. The van der Waals surface area contributed by atoms with Crippen molar-refractivity contribution in [1.29, 1.82) is 0 Å². The zero-order valence-electron chi connectivity index (χ0n) is 12.8. The van der Waals surface area contributed by atoms with Gasteiger partial charge in [0.15, 0.2) is 5.69 Å². The second kappa shape index (κ2) is 9.42. The molecule has 0 saturated heterocycles. The third-order valence-corrected chi connectivity index (χ3v) is 5.18. The molecule has 2 aromatic heterocycles. The maximum absolute atomic E-state index is 11.7. The molecule has 0 unspecified atom stereocenters. The molecular weight excluding hydrogens is 332 g/mol. The summed E-state index contributed by atoms with van der Waals surface area (Å²) in [6.45, 7) is 0.501. The van der Waals surface area contributed by atoms with Gasteiger partial charge in [0, 0.05) is 29.6 Å². The second-order valence-electron chi connectivity index (χ2n) is 5.17. The first-order chi connectivity index (χ1) is 11.1. The van der Waals surface area contributed by atoms with E-state index in [1.54, 1.807) is 11.3 Å². The van der Waals surface area contributed by atoms with E-state index < -0.39 is 5.97 Å². The number of nitrogens with zero attached hydrogens (tertiary/aromatic N) is 1. The average Bonchev–Trinajstić information content (AvgIpc) is 3.18. The van der Waals surface area contributed by atoms with E-state index in [0.29, 0.717) is 19.4 Å². The van der Waals surface area contributed by atoms with Gasteiger partial charge in [-0.25, -0.2) is 9.78 Å². The lowest BCUT2D eigenvalue weighted by molar-refractivity contribution is -0.121. The third kappa shape index (κ3) is 6.50. The number of aromatic carboxylic acids is 1. The van der Waals surface area contributed by atoms with Crippen LogP contribution >= 0.6 is 22.7 Å². The minimum atomic E-state index is -1.01. The molecule has 0 bridgehead atoms. The number of unbranched alkanes of at least 4 members (excludes halogenated alkanes) is 2. The van der Waals surface area contributed by atoms with Gasteiger partial charge in [-0.2, -0.15) is 0 Å². The summed E-state index contributed by atoms with van der Waals surface area (Å²) in [4.78, 5) is 27.8. The lowest BCUT2D eigenvalue weighted by atomic mass is 10.1. The van der Waals surface area contributed by atoms with E-state index in [2.05, 4.69) is 27.8 Å². The highest BCUT2D eigenvalue weighted by Gasteiger charge is 2.08. The van der Waals surface area contributed by atoms with E-state index in [0.717, 1.165) is 30.7 Å². The molecule has 2 rings (SSSR count). The van der Waals surface area contributed by atoms with E-state index in [1.807, 2.05) is 0 Å². The smallest absolute Gasteiger partial charge is 0.355 e. The first-order valence-electron chi connectivity index (χ1n) is 7.62. The van der Waals surface area contributed by atoms with Gasteiger partial charge < -0.3 is 10.4 Å². The van der Waals surface area contributed by atoms with Gasteiger partial charge in [-0.15, -0.1) is 22.7 Å². The molecule has 2 aromatic rings. The molecule has 0 saturated carbocycles. The molecule has 0 fully saturated rings. The lowest BCUT2D eigenvalue weighted by Crippen LogP contribution is -2.25. The largest absolute Gasteiger partial charge is 0.476 e. The van der Waals surface area contributed by atoms with Crippen molar-refractivity contribution < 1.29 is 14.7 Å². The Balaban J connectivity index is 1.52. The predicted octanol–water partition coefficient (Wildman–Crippen LogP) is 3.36. The standard InChI is InChI=1S/C16H20N2O3S2/c19-14(7-3-1-2-5-12-6-4-10-22-12)17-9-8-15-18-13(11-23-15)16(20)21/h4,6,10-11H,1-3,5,7-9H2,(H,17,19)(H,20,21). The molecule has 5 nitrogen and oxygen atoms in total. The van der Waals surface area contributed by atoms with Crippen molar-refractivity contribution in [2.75, 3.05) is 6.54 Å². The maximum atomic E-state index is 11.7. The number of carbonyl (C=O) groups is 2. The van der Waals surface area contributed by atoms with Crippen LogP contribution in [0.1, 0.15) is 46.1 Å². The highest BCUT2D eigenvalue weighted by molar-refractivity contribution is 7.10. The van der Waals surface area contributed by atoms with Crippen LogP contribution in [0.5, 0.6) is 0 Å². The normalized spacial score (nSPS) is 10.6. The van der Waals surface area contributed by atoms with E-state index in [-0.39, 0.29) is 11.6 Å². The molecule has 0 spiro atoms. The fourth-order valence-corrected chi connectivity index (χ4v) is 3.66. The Morgan fingerprint density at radius 1 is 1.17 bits per heavy atom. The molecule has 0 aliphatic rings. The van der Waals surface area contributed by atoms with Crippen molar-refractivity contribution in [3.8, 4) is 0 Å². The van der Waals surface area contributed by atoms with Crippen molar-refractivity contribution in [2.45, 2.75) is 38.5 Å². The zero-order valence-corrected chi connectivity index (χ0v) is 14.4. The molecule has 23 heavy (non-hydrogen) atoms. The fraction of sp³-hybridized carbons (Fsp3) is 0.438. The summed E-state index contributed by atoms with van der Waals surface area (Å²) in [7, 11) is 0. The first kappa shape index (κ1) is 17.6. The van der Waals surface area contributed by atoms with Crippen molar-refractivity contribution >= 4 is 34.6 Å². The van der Waals surface area contributed by atoms with Crippen LogP contribution in [-0.4, -0.2) is 28.5 Å². The molecule has 0 aliphatic heterocycles. The van der Waals surface area contributed by atoms with Gasteiger partial charge in [0.1, 0.15) is 0 Å². The molecule has 124 valence electrons. The Morgan fingerprint density at radius 2 is 2.04 bits per heavy atom. The minimum Gasteiger partial charge on any atom is -0.476 e. The lowest BCUT2D eigenvalue weighted by Gasteiger charge is -2.04. The Labute approximate surface area is 143 Å².